The molecule has 2 saturated carbocycles. The first-order chi connectivity index (χ1) is 22.6. The molecule has 15 nitrogen and oxygen atoms in total. The van der Waals surface area contributed by atoms with Crippen molar-refractivity contribution in [3.8, 4) is 0 Å². The highest BCUT2D eigenvalue weighted by Crippen LogP contribution is 2.69. The summed E-state index contributed by atoms with van der Waals surface area (Å²) in [6.45, 7) is 13.3. The van der Waals surface area contributed by atoms with Crippen molar-refractivity contribution < 1.29 is 71.4 Å². The van der Waals surface area contributed by atoms with Crippen LogP contribution < -0.4 is 0 Å². The molecule has 1 spiro atoms. The summed E-state index contributed by atoms with van der Waals surface area (Å²) >= 11 is 0. The number of carbonyl (C=O) groups is 6. The lowest BCUT2D eigenvalue weighted by Gasteiger charge is -2.66. The van der Waals surface area contributed by atoms with Crippen LogP contribution in [0.5, 0.6) is 0 Å². The number of hydrogen-bond acceptors (Lipinski definition) is 15. The van der Waals surface area contributed by atoms with Crippen molar-refractivity contribution in [1.82, 2.24) is 0 Å². The molecule has 1 aliphatic heterocycles. The molecule has 2 aliphatic carbocycles. The molecule has 9 atom stereocenters. The van der Waals surface area contributed by atoms with Gasteiger partial charge >= 0.3 is 35.8 Å². The van der Waals surface area contributed by atoms with E-state index in [0.29, 0.717) is 0 Å². The number of ether oxygens (including phenoxy) is 7. The van der Waals surface area contributed by atoms with E-state index in [-0.39, 0.29) is 5.56 Å². The van der Waals surface area contributed by atoms with Gasteiger partial charge in [0.2, 0.25) is 0 Å². The number of aliphatic hydroxyl groups is 1. The smallest absolute Gasteiger partial charge is 0.341 e. The Hall–Kier alpha value is -3.98. The average molecular weight is 695 g/mol. The molecule has 1 saturated heterocycles. The van der Waals surface area contributed by atoms with Crippen molar-refractivity contribution >= 4 is 35.8 Å². The maximum Gasteiger partial charge on any atom is 0.341 e. The van der Waals surface area contributed by atoms with Gasteiger partial charge in [0.05, 0.1) is 40.8 Å². The maximum absolute atomic E-state index is 13.9. The van der Waals surface area contributed by atoms with Gasteiger partial charge in [-0.15, -0.1) is 0 Å². The molecule has 3 fully saturated rings. The second kappa shape index (κ2) is 13.4. The molecule has 15 heteroatoms. The number of carbonyl (C=O) groups excluding carboxylic acids is 6. The molecule has 2 bridgehead atoms. The number of hydrogen-bond donors (Lipinski definition) is 1. The molecule has 4 rings (SSSR count). The Morgan fingerprint density at radius 1 is 0.816 bits per heavy atom. The van der Waals surface area contributed by atoms with E-state index in [1.807, 2.05) is 0 Å². The molecule has 3 aliphatic rings. The largest absolute Gasteiger partial charge is 0.472 e. The predicted octanol–water partition coefficient (Wildman–Crippen LogP) is 2.69. The van der Waals surface area contributed by atoms with E-state index in [9.17, 15) is 33.9 Å². The zero-order chi connectivity index (χ0) is 36.9. The fourth-order valence-electron chi connectivity index (χ4n) is 7.83. The number of fused-ring (bicyclic) bond motifs is 1. The molecule has 0 unspecified atom stereocenters. The molecule has 0 radical (unpaired) electrons. The van der Waals surface area contributed by atoms with Crippen LogP contribution in [0.4, 0.5) is 0 Å². The van der Waals surface area contributed by atoms with Crippen molar-refractivity contribution in [1.29, 1.82) is 0 Å². The summed E-state index contributed by atoms with van der Waals surface area (Å²) < 4.78 is 47.9. The van der Waals surface area contributed by atoms with E-state index in [1.165, 1.54) is 19.3 Å². The normalized spacial score (nSPS) is 34.4. The van der Waals surface area contributed by atoms with Gasteiger partial charge in [-0.3, -0.25) is 24.0 Å². The zero-order valence-corrected chi connectivity index (χ0v) is 29.4. The topological polar surface area (TPSA) is 200 Å². The fraction of sp³-hybridized carbons (Fsp3) is 0.706. The molecule has 49 heavy (non-hydrogen) atoms. The number of esters is 6. The van der Waals surface area contributed by atoms with Gasteiger partial charge in [0.25, 0.3) is 0 Å². The van der Waals surface area contributed by atoms with Crippen molar-refractivity contribution in [3.05, 3.63) is 24.2 Å². The van der Waals surface area contributed by atoms with Gasteiger partial charge in [0.1, 0.15) is 36.6 Å². The van der Waals surface area contributed by atoms with Crippen molar-refractivity contribution in [2.75, 3.05) is 6.61 Å². The Labute approximate surface area is 284 Å². The predicted molar refractivity (Wildman–Crippen MR) is 164 cm³/mol. The lowest BCUT2D eigenvalue weighted by atomic mass is 9.45. The highest BCUT2D eigenvalue weighted by Gasteiger charge is 2.89. The van der Waals surface area contributed by atoms with Crippen LogP contribution in [0.3, 0.4) is 0 Å². The third kappa shape index (κ3) is 6.42. The maximum atomic E-state index is 13.9. The van der Waals surface area contributed by atoms with Gasteiger partial charge < -0.3 is 42.7 Å². The second-order valence-electron chi connectivity index (χ2n) is 14.3. The minimum atomic E-state index is -2.29. The minimum absolute atomic E-state index is 0.0601. The van der Waals surface area contributed by atoms with Crippen molar-refractivity contribution in [2.24, 2.45) is 23.2 Å². The third-order valence-corrected chi connectivity index (χ3v) is 9.59. The van der Waals surface area contributed by atoms with Gasteiger partial charge in [-0.2, -0.15) is 0 Å². The van der Waals surface area contributed by atoms with Crippen LogP contribution in [0.25, 0.3) is 0 Å². The summed E-state index contributed by atoms with van der Waals surface area (Å²) in [4.78, 5) is 79.0. The number of rotatable bonds is 10. The van der Waals surface area contributed by atoms with E-state index >= 15 is 0 Å². The van der Waals surface area contributed by atoms with E-state index < -0.39 is 119 Å². The van der Waals surface area contributed by atoms with Gasteiger partial charge in [-0.1, -0.05) is 27.7 Å². The van der Waals surface area contributed by atoms with Gasteiger partial charge in [0, 0.05) is 27.2 Å². The SMILES string of the molecule is CC(=O)O[C@H]1C[C@](C)(O)[C@]23OC(C)(C)[C@H]([C@@H](OC(=O)C(C)C)[C@@H](OC(=O)c4ccoc4)[C@]2(COC(=O)C(C)C)[C@H]1OC(C)=O)[C@H]3OC(C)=O. The van der Waals surface area contributed by atoms with Gasteiger partial charge in [-0.25, -0.2) is 4.79 Å². The molecule has 0 amide bonds. The highest BCUT2D eigenvalue weighted by atomic mass is 16.7. The Morgan fingerprint density at radius 2 is 1.39 bits per heavy atom. The van der Waals surface area contributed by atoms with Crippen molar-refractivity contribution in [3.63, 3.8) is 0 Å². The quantitative estimate of drug-likeness (QED) is 0.277. The second-order valence-corrected chi connectivity index (χ2v) is 14.3. The van der Waals surface area contributed by atoms with Crippen LogP contribution in [0.15, 0.2) is 23.0 Å². The van der Waals surface area contributed by atoms with Crippen LogP contribution >= 0.6 is 0 Å². The van der Waals surface area contributed by atoms with Crippen LogP contribution in [-0.2, 0) is 57.1 Å². The van der Waals surface area contributed by atoms with E-state index in [2.05, 4.69) is 0 Å². The fourth-order valence-corrected chi connectivity index (χ4v) is 7.83. The van der Waals surface area contributed by atoms with Crippen molar-refractivity contribution in [2.45, 2.75) is 123 Å². The molecular formula is C34H46O15. The lowest BCUT2D eigenvalue weighted by Crippen LogP contribution is -2.85. The van der Waals surface area contributed by atoms with Crippen LogP contribution in [0, 0.1) is 23.2 Å². The van der Waals surface area contributed by atoms with Gasteiger partial charge in [0.15, 0.2) is 17.8 Å². The Bertz CT molecular complexity index is 1460. The molecule has 1 aromatic heterocycles. The van der Waals surface area contributed by atoms with E-state index in [1.54, 1.807) is 41.5 Å². The average Bonchev–Trinajstić information content (AvgIpc) is 3.56. The van der Waals surface area contributed by atoms with E-state index in [0.717, 1.165) is 27.0 Å². The third-order valence-electron chi connectivity index (χ3n) is 9.59. The summed E-state index contributed by atoms with van der Waals surface area (Å²) in [6.07, 6.45) is -6.12. The minimum Gasteiger partial charge on any atom is -0.472 e. The summed E-state index contributed by atoms with van der Waals surface area (Å²) in [6, 6.07) is 1.32. The molecular weight excluding hydrogens is 648 g/mol. The lowest BCUT2D eigenvalue weighted by molar-refractivity contribution is -0.363. The molecule has 1 N–H and O–H groups in total. The van der Waals surface area contributed by atoms with Crippen LogP contribution in [-0.4, -0.2) is 94.9 Å². The van der Waals surface area contributed by atoms with E-state index in [4.69, 9.17) is 37.6 Å². The van der Waals surface area contributed by atoms with Gasteiger partial charge in [-0.05, 0) is 26.8 Å². The Kier molecular flexibility index (Phi) is 10.3. The molecule has 1 aromatic rings. The monoisotopic (exact) mass is 694 g/mol. The first-order valence-electron chi connectivity index (χ1n) is 16.2. The summed E-state index contributed by atoms with van der Waals surface area (Å²) in [5.41, 5.74) is -8.21. The molecule has 272 valence electrons. The molecule has 0 aromatic carbocycles. The zero-order valence-electron chi connectivity index (χ0n) is 29.4. The summed E-state index contributed by atoms with van der Waals surface area (Å²) in [5.74, 6) is -7.56. The summed E-state index contributed by atoms with van der Waals surface area (Å²) in [5, 5.41) is 12.7. The Balaban J connectivity index is 2.20. The summed E-state index contributed by atoms with van der Waals surface area (Å²) in [7, 11) is 0. The highest BCUT2D eigenvalue weighted by molar-refractivity contribution is 5.89. The first kappa shape index (κ1) is 37.8. The molecule has 2 heterocycles. The standard InChI is InChI=1S/C34H46O15/c1-16(2)28(38)43-15-33-25(45-19(6)36)22(44-18(5)35)13-32(10,41)34(33)26(46-20(7)37)23(31(8,9)49-34)24(47-29(39)17(3)4)27(33)48-30(40)21-11-12-42-14-21/h11-12,14,16-17,22-27,41H,13,15H2,1-10H3/t22-,23+,24+,25-,26+,27+,32-,33-,34-/m0/s1. The van der Waals surface area contributed by atoms with Crippen LogP contribution in [0.2, 0.25) is 0 Å². The Morgan fingerprint density at radius 3 is 1.90 bits per heavy atom. The number of furan rings is 1. The van der Waals surface area contributed by atoms with Crippen LogP contribution in [0.1, 0.15) is 86.0 Å². The first-order valence-corrected chi connectivity index (χ1v) is 16.2.